The fourth-order valence-electron chi connectivity index (χ4n) is 1.47. The van der Waals surface area contributed by atoms with E-state index < -0.39 is 11.9 Å². The third-order valence-electron chi connectivity index (χ3n) is 2.37. The summed E-state index contributed by atoms with van der Waals surface area (Å²) in [4.78, 5) is 10.8. The number of aromatic nitrogens is 2. The van der Waals surface area contributed by atoms with Gasteiger partial charge in [-0.1, -0.05) is 0 Å². The lowest BCUT2D eigenvalue weighted by Gasteiger charge is -2.03. The second kappa shape index (κ2) is 3.27. The van der Waals surface area contributed by atoms with Crippen molar-refractivity contribution in [2.45, 2.75) is 12.8 Å². The molecule has 2 aromatic rings. The van der Waals surface area contributed by atoms with Crippen molar-refractivity contribution in [3.8, 4) is 5.75 Å². The molecule has 0 aliphatic carbocycles. The van der Waals surface area contributed by atoms with Crippen molar-refractivity contribution in [1.29, 1.82) is 0 Å². The number of carboxylic acid groups (broad SMARTS) is 1. The first-order chi connectivity index (χ1) is 7.09. The zero-order chi connectivity index (χ0) is 11.0. The van der Waals surface area contributed by atoms with Crippen LogP contribution >= 0.6 is 0 Å². The molecule has 0 saturated carbocycles. The van der Waals surface area contributed by atoms with E-state index in [4.69, 9.17) is 5.11 Å². The lowest BCUT2D eigenvalue weighted by molar-refractivity contribution is -0.138. The van der Waals surface area contributed by atoms with Crippen LogP contribution in [0.3, 0.4) is 0 Å². The Morgan fingerprint density at radius 1 is 1.53 bits per heavy atom. The Kier molecular flexibility index (Phi) is 2.07. The molecule has 0 radical (unpaired) electrons. The molecule has 1 aromatic heterocycles. The molecule has 0 bridgehead atoms. The van der Waals surface area contributed by atoms with Gasteiger partial charge in [0.1, 0.15) is 5.75 Å². The van der Waals surface area contributed by atoms with Gasteiger partial charge in [0.05, 0.1) is 17.1 Å². The summed E-state index contributed by atoms with van der Waals surface area (Å²) >= 11 is 0. The highest BCUT2D eigenvalue weighted by Crippen LogP contribution is 2.26. The molecule has 0 aliphatic rings. The number of hydrogen-bond donors (Lipinski definition) is 3. The predicted molar refractivity (Wildman–Crippen MR) is 53.8 cm³/mol. The van der Waals surface area contributed by atoms with Crippen LogP contribution < -0.4 is 0 Å². The first-order valence-corrected chi connectivity index (χ1v) is 4.49. The highest BCUT2D eigenvalue weighted by atomic mass is 16.4. The van der Waals surface area contributed by atoms with Gasteiger partial charge in [0.25, 0.3) is 0 Å². The zero-order valence-electron chi connectivity index (χ0n) is 8.06. The number of fused-ring (bicyclic) bond motifs is 1. The minimum Gasteiger partial charge on any atom is -0.508 e. The van der Waals surface area contributed by atoms with Crippen molar-refractivity contribution in [3.63, 3.8) is 0 Å². The number of carboxylic acids is 1. The average Bonchev–Trinajstić information content (AvgIpc) is 2.59. The molecule has 1 unspecified atom stereocenters. The number of benzene rings is 1. The molecule has 5 nitrogen and oxygen atoms in total. The Morgan fingerprint density at radius 2 is 2.27 bits per heavy atom. The summed E-state index contributed by atoms with van der Waals surface area (Å²) in [6, 6.07) is 4.66. The predicted octanol–water partition coefficient (Wildman–Crippen LogP) is 1.46. The van der Waals surface area contributed by atoms with Gasteiger partial charge >= 0.3 is 5.97 Å². The number of phenols is 1. The molecular formula is C10H10N2O3. The van der Waals surface area contributed by atoms with E-state index in [1.807, 2.05) is 0 Å². The minimum absolute atomic E-state index is 0.0998. The number of carbonyl (C=O) groups is 1. The molecule has 5 heteroatoms. The molecule has 0 spiro atoms. The number of nitrogens with one attached hydrogen (secondary N) is 1. The van der Waals surface area contributed by atoms with E-state index in [0.717, 1.165) is 0 Å². The van der Waals surface area contributed by atoms with Gasteiger partial charge < -0.3 is 10.2 Å². The molecule has 15 heavy (non-hydrogen) atoms. The summed E-state index contributed by atoms with van der Waals surface area (Å²) in [7, 11) is 0. The Labute approximate surface area is 85.4 Å². The molecule has 1 heterocycles. The summed E-state index contributed by atoms with van der Waals surface area (Å²) in [5, 5.41) is 25.5. The Bertz CT molecular complexity index is 518. The first kappa shape index (κ1) is 9.51. The van der Waals surface area contributed by atoms with Crippen molar-refractivity contribution in [2.75, 3.05) is 0 Å². The smallest absolute Gasteiger partial charge is 0.312 e. The fraction of sp³-hybridized carbons (Fsp3) is 0.200. The van der Waals surface area contributed by atoms with Crippen molar-refractivity contribution < 1.29 is 15.0 Å². The SMILES string of the molecule is CC(C(=O)O)c1[nH]nc2ccc(O)cc12. The molecule has 1 aromatic carbocycles. The summed E-state index contributed by atoms with van der Waals surface area (Å²) in [6.07, 6.45) is 0. The topological polar surface area (TPSA) is 86.2 Å². The molecule has 3 N–H and O–H groups in total. The molecule has 0 amide bonds. The third kappa shape index (κ3) is 1.52. The molecule has 1 atom stereocenters. The molecule has 0 aliphatic heterocycles. The maximum absolute atomic E-state index is 10.8. The van der Waals surface area contributed by atoms with Crippen molar-refractivity contribution >= 4 is 16.9 Å². The first-order valence-electron chi connectivity index (χ1n) is 4.49. The van der Waals surface area contributed by atoms with Crippen molar-refractivity contribution in [1.82, 2.24) is 10.2 Å². The van der Waals surface area contributed by atoms with Crippen LogP contribution in [-0.4, -0.2) is 26.4 Å². The van der Waals surface area contributed by atoms with Crippen LogP contribution in [-0.2, 0) is 4.79 Å². The van der Waals surface area contributed by atoms with Gasteiger partial charge in [0.15, 0.2) is 0 Å². The van der Waals surface area contributed by atoms with Crippen molar-refractivity contribution in [2.24, 2.45) is 0 Å². The summed E-state index contributed by atoms with van der Waals surface area (Å²) in [6.45, 7) is 1.57. The minimum atomic E-state index is -0.927. The number of phenolic OH excluding ortho intramolecular Hbond substituents is 1. The standard InChI is InChI=1S/C10H10N2O3/c1-5(10(14)15)9-7-4-6(13)2-3-8(7)11-12-9/h2-5,13H,1H3,(H,11,12)(H,14,15). The van der Waals surface area contributed by atoms with E-state index >= 15 is 0 Å². The normalized spacial score (nSPS) is 12.9. The van der Waals surface area contributed by atoms with E-state index in [1.165, 1.54) is 12.1 Å². The van der Waals surface area contributed by atoms with Gasteiger partial charge in [0.2, 0.25) is 0 Å². The second-order valence-electron chi connectivity index (χ2n) is 3.40. The van der Waals surface area contributed by atoms with Gasteiger partial charge in [-0.3, -0.25) is 9.89 Å². The van der Waals surface area contributed by atoms with Crippen LogP contribution in [0.2, 0.25) is 0 Å². The third-order valence-corrected chi connectivity index (χ3v) is 2.37. The van der Waals surface area contributed by atoms with Crippen LogP contribution in [0.5, 0.6) is 5.75 Å². The van der Waals surface area contributed by atoms with Gasteiger partial charge in [-0.2, -0.15) is 5.10 Å². The van der Waals surface area contributed by atoms with Crippen LogP contribution in [0.4, 0.5) is 0 Å². The zero-order valence-corrected chi connectivity index (χ0v) is 8.06. The van der Waals surface area contributed by atoms with Gasteiger partial charge in [-0.25, -0.2) is 0 Å². The molecule has 2 rings (SSSR count). The summed E-state index contributed by atoms with van der Waals surface area (Å²) in [5.74, 6) is -1.50. The number of rotatable bonds is 2. The van der Waals surface area contributed by atoms with E-state index in [9.17, 15) is 9.90 Å². The summed E-state index contributed by atoms with van der Waals surface area (Å²) in [5.41, 5.74) is 1.16. The van der Waals surface area contributed by atoms with Gasteiger partial charge in [-0.05, 0) is 25.1 Å². The maximum Gasteiger partial charge on any atom is 0.312 e. The maximum atomic E-state index is 10.8. The number of aromatic hydroxyl groups is 1. The fourth-order valence-corrected chi connectivity index (χ4v) is 1.47. The Morgan fingerprint density at radius 3 is 2.93 bits per heavy atom. The number of H-pyrrole nitrogens is 1. The van der Waals surface area contributed by atoms with Crippen molar-refractivity contribution in [3.05, 3.63) is 23.9 Å². The van der Waals surface area contributed by atoms with Crippen LogP contribution in [0.15, 0.2) is 18.2 Å². The molecule has 78 valence electrons. The number of hydrogen-bond acceptors (Lipinski definition) is 3. The van der Waals surface area contributed by atoms with Crippen LogP contribution in [0, 0.1) is 0 Å². The Hall–Kier alpha value is -2.04. The monoisotopic (exact) mass is 206 g/mol. The molecule has 0 fully saturated rings. The van der Waals surface area contributed by atoms with E-state index in [-0.39, 0.29) is 5.75 Å². The molecule has 0 saturated heterocycles. The number of nitrogens with zero attached hydrogens (tertiary/aromatic N) is 1. The van der Waals surface area contributed by atoms with E-state index in [1.54, 1.807) is 13.0 Å². The largest absolute Gasteiger partial charge is 0.508 e. The number of aromatic amines is 1. The lowest BCUT2D eigenvalue weighted by atomic mass is 10.0. The summed E-state index contributed by atoms with van der Waals surface area (Å²) < 4.78 is 0. The van der Waals surface area contributed by atoms with Gasteiger partial charge in [0, 0.05) is 5.39 Å². The van der Waals surface area contributed by atoms with Crippen LogP contribution in [0.25, 0.3) is 10.9 Å². The number of aliphatic carboxylic acids is 1. The second-order valence-corrected chi connectivity index (χ2v) is 3.40. The molecular weight excluding hydrogens is 196 g/mol. The highest BCUT2D eigenvalue weighted by Gasteiger charge is 2.18. The van der Waals surface area contributed by atoms with Crippen LogP contribution in [0.1, 0.15) is 18.5 Å². The quantitative estimate of drug-likeness (QED) is 0.694. The van der Waals surface area contributed by atoms with E-state index in [2.05, 4.69) is 10.2 Å². The van der Waals surface area contributed by atoms with Gasteiger partial charge in [-0.15, -0.1) is 0 Å². The average molecular weight is 206 g/mol. The Balaban J connectivity index is 2.61. The highest BCUT2D eigenvalue weighted by molar-refractivity contribution is 5.88. The van der Waals surface area contributed by atoms with E-state index in [0.29, 0.717) is 16.6 Å². The lowest BCUT2D eigenvalue weighted by Crippen LogP contribution is -2.08.